The average molecular weight is 335 g/mol. The molecule has 0 saturated carbocycles. The highest BCUT2D eigenvalue weighted by Gasteiger charge is 2.12. The van der Waals surface area contributed by atoms with Crippen LogP contribution in [0.1, 0.15) is 5.56 Å². The van der Waals surface area contributed by atoms with Gasteiger partial charge in [0.1, 0.15) is 23.7 Å². The molecule has 0 radical (unpaired) electrons. The number of anilines is 2. The molecule has 0 amide bonds. The van der Waals surface area contributed by atoms with Gasteiger partial charge in [-0.1, -0.05) is 6.07 Å². The van der Waals surface area contributed by atoms with Gasteiger partial charge in [-0.15, -0.1) is 0 Å². The van der Waals surface area contributed by atoms with Crippen LogP contribution in [0.2, 0.25) is 0 Å². The molecular weight excluding hydrogens is 321 g/mol. The van der Waals surface area contributed by atoms with Gasteiger partial charge in [0.2, 0.25) is 0 Å². The Morgan fingerprint density at radius 2 is 2.00 bits per heavy atom. The predicted molar refractivity (Wildman–Crippen MR) is 92.7 cm³/mol. The molecule has 2 N–H and O–H groups in total. The largest absolute Gasteiger partial charge is 0.508 e. The Hall–Kier alpha value is -3.48. The van der Waals surface area contributed by atoms with E-state index in [0.29, 0.717) is 22.5 Å². The van der Waals surface area contributed by atoms with Crippen LogP contribution >= 0.6 is 0 Å². The van der Waals surface area contributed by atoms with Gasteiger partial charge < -0.3 is 10.4 Å². The van der Waals surface area contributed by atoms with E-state index < -0.39 is 0 Å². The lowest BCUT2D eigenvalue weighted by atomic mass is 10.2. The molecule has 0 aliphatic heterocycles. The second-order valence-electron chi connectivity index (χ2n) is 5.62. The van der Waals surface area contributed by atoms with Gasteiger partial charge in [-0.25, -0.2) is 19.0 Å². The third kappa shape index (κ3) is 2.76. The summed E-state index contributed by atoms with van der Waals surface area (Å²) in [6.07, 6.45) is 3.07. The summed E-state index contributed by atoms with van der Waals surface area (Å²) in [6, 6.07) is 11.2. The van der Waals surface area contributed by atoms with E-state index in [0.717, 1.165) is 11.3 Å². The molecule has 0 unspecified atom stereocenters. The van der Waals surface area contributed by atoms with Crippen LogP contribution in [0, 0.1) is 12.7 Å². The van der Waals surface area contributed by atoms with E-state index in [1.165, 1.54) is 18.5 Å². The van der Waals surface area contributed by atoms with Crippen LogP contribution in [-0.4, -0.2) is 24.9 Å². The molecule has 0 bridgehead atoms. The maximum Gasteiger partial charge on any atom is 0.168 e. The number of nitrogens with one attached hydrogen (secondary N) is 1. The maximum atomic E-state index is 13.5. The van der Waals surface area contributed by atoms with E-state index in [1.807, 2.05) is 6.92 Å². The van der Waals surface area contributed by atoms with Crippen LogP contribution in [0.5, 0.6) is 5.75 Å². The highest BCUT2D eigenvalue weighted by Crippen LogP contribution is 2.27. The van der Waals surface area contributed by atoms with E-state index >= 15 is 0 Å². The van der Waals surface area contributed by atoms with Gasteiger partial charge in [-0.2, -0.15) is 5.10 Å². The summed E-state index contributed by atoms with van der Waals surface area (Å²) >= 11 is 0. The van der Waals surface area contributed by atoms with Gasteiger partial charge in [0, 0.05) is 5.69 Å². The number of hydrogen-bond donors (Lipinski definition) is 2. The molecule has 2 aromatic heterocycles. The smallest absolute Gasteiger partial charge is 0.168 e. The van der Waals surface area contributed by atoms with Gasteiger partial charge in [0.05, 0.1) is 17.3 Å². The first-order chi connectivity index (χ1) is 12.1. The third-order valence-electron chi connectivity index (χ3n) is 3.88. The minimum absolute atomic E-state index is 0.204. The number of aryl methyl sites for hydroxylation is 1. The highest BCUT2D eigenvalue weighted by atomic mass is 19.1. The van der Waals surface area contributed by atoms with Crippen molar-refractivity contribution < 1.29 is 9.50 Å². The first-order valence-corrected chi connectivity index (χ1v) is 7.63. The van der Waals surface area contributed by atoms with Crippen LogP contribution in [0.4, 0.5) is 15.9 Å². The summed E-state index contributed by atoms with van der Waals surface area (Å²) in [5.74, 6) is 0.449. The predicted octanol–water partition coefficient (Wildman–Crippen LogP) is 3.71. The SMILES string of the molecule is Cc1cc(O)ccc1Nc1ncnc2c1cnn2-c1cccc(F)c1. The number of aromatic hydroxyl groups is 1. The number of aromatic nitrogens is 4. The normalized spacial score (nSPS) is 11.0. The highest BCUT2D eigenvalue weighted by molar-refractivity contribution is 5.89. The zero-order valence-corrected chi connectivity index (χ0v) is 13.3. The van der Waals surface area contributed by atoms with Crippen LogP contribution in [0.15, 0.2) is 55.0 Å². The first kappa shape index (κ1) is 15.1. The molecule has 0 saturated heterocycles. The Labute approximate surface area is 142 Å². The number of fused-ring (bicyclic) bond motifs is 1. The molecule has 2 heterocycles. The van der Waals surface area contributed by atoms with Crippen molar-refractivity contribution in [1.29, 1.82) is 0 Å². The summed E-state index contributed by atoms with van der Waals surface area (Å²) in [4.78, 5) is 8.55. The second-order valence-corrected chi connectivity index (χ2v) is 5.62. The van der Waals surface area contributed by atoms with Gasteiger partial charge in [-0.05, 0) is 48.9 Å². The van der Waals surface area contributed by atoms with E-state index in [-0.39, 0.29) is 11.6 Å². The fourth-order valence-electron chi connectivity index (χ4n) is 2.66. The van der Waals surface area contributed by atoms with Crippen LogP contribution in [0.25, 0.3) is 16.7 Å². The molecule has 0 atom stereocenters. The lowest BCUT2D eigenvalue weighted by Crippen LogP contribution is -2.00. The number of benzene rings is 2. The van der Waals surface area contributed by atoms with Crippen molar-refractivity contribution in [3.05, 3.63) is 66.4 Å². The summed E-state index contributed by atoms with van der Waals surface area (Å²) in [5, 5.41) is 17.8. The zero-order chi connectivity index (χ0) is 17.4. The molecule has 4 aromatic rings. The van der Waals surface area contributed by atoms with Gasteiger partial charge in [0.25, 0.3) is 0 Å². The molecular formula is C18H14FN5O. The summed E-state index contributed by atoms with van der Waals surface area (Å²) < 4.78 is 15.1. The Balaban J connectivity index is 1.79. The maximum absolute atomic E-state index is 13.5. The molecule has 25 heavy (non-hydrogen) atoms. The molecule has 4 rings (SSSR count). The van der Waals surface area contributed by atoms with Crippen molar-refractivity contribution in [2.75, 3.05) is 5.32 Å². The first-order valence-electron chi connectivity index (χ1n) is 7.63. The molecule has 0 aliphatic rings. The van der Waals surface area contributed by atoms with Crippen LogP contribution in [0.3, 0.4) is 0 Å². The van der Waals surface area contributed by atoms with Crippen molar-refractivity contribution in [2.24, 2.45) is 0 Å². The van der Waals surface area contributed by atoms with Gasteiger partial charge in [0.15, 0.2) is 5.65 Å². The lowest BCUT2D eigenvalue weighted by Gasteiger charge is -2.10. The second kappa shape index (κ2) is 5.86. The van der Waals surface area contributed by atoms with Gasteiger partial charge >= 0.3 is 0 Å². The number of nitrogens with zero attached hydrogens (tertiary/aromatic N) is 4. The summed E-state index contributed by atoms with van der Waals surface area (Å²) in [5.41, 5.74) is 2.85. The van der Waals surface area contributed by atoms with E-state index in [4.69, 9.17) is 0 Å². The quantitative estimate of drug-likeness (QED) is 0.558. The molecule has 6 nitrogen and oxygen atoms in total. The van der Waals surface area contributed by atoms with E-state index in [2.05, 4.69) is 20.4 Å². The Morgan fingerprint density at radius 1 is 1.12 bits per heavy atom. The average Bonchev–Trinajstić information content (AvgIpc) is 3.02. The number of phenolic OH excluding ortho intramolecular Hbond substituents is 1. The standard InChI is InChI=1S/C18H14FN5O/c1-11-7-14(25)5-6-16(11)23-17-15-9-22-24(18(15)21-10-20-17)13-4-2-3-12(19)8-13/h2-10,25H,1H3,(H,20,21,23). The van der Waals surface area contributed by atoms with Crippen LogP contribution < -0.4 is 5.32 Å². The molecule has 0 fully saturated rings. The van der Waals surface area contributed by atoms with Crippen molar-refractivity contribution in [3.63, 3.8) is 0 Å². The van der Waals surface area contributed by atoms with E-state index in [9.17, 15) is 9.50 Å². The Morgan fingerprint density at radius 3 is 2.80 bits per heavy atom. The Bertz CT molecular complexity index is 1080. The van der Waals surface area contributed by atoms with Gasteiger partial charge in [-0.3, -0.25) is 0 Å². The number of hydrogen-bond acceptors (Lipinski definition) is 5. The molecule has 2 aromatic carbocycles. The fourth-order valence-corrected chi connectivity index (χ4v) is 2.66. The molecule has 7 heteroatoms. The minimum Gasteiger partial charge on any atom is -0.508 e. The van der Waals surface area contributed by atoms with Crippen molar-refractivity contribution in [1.82, 2.24) is 19.7 Å². The van der Waals surface area contributed by atoms with E-state index in [1.54, 1.807) is 41.2 Å². The fraction of sp³-hybridized carbons (Fsp3) is 0.0556. The number of phenols is 1. The number of rotatable bonds is 3. The summed E-state index contributed by atoms with van der Waals surface area (Å²) in [7, 11) is 0. The molecule has 0 aliphatic carbocycles. The van der Waals surface area contributed by atoms with Crippen molar-refractivity contribution >= 4 is 22.5 Å². The van der Waals surface area contributed by atoms with Crippen molar-refractivity contribution in [3.8, 4) is 11.4 Å². The third-order valence-corrected chi connectivity index (χ3v) is 3.88. The topological polar surface area (TPSA) is 75.9 Å². The lowest BCUT2D eigenvalue weighted by molar-refractivity contribution is 0.475. The molecule has 0 spiro atoms. The zero-order valence-electron chi connectivity index (χ0n) is 13.3. The molecule has 124 valence electrons. The number of halogens is 1. The Kier molecular flexibility index (Phi) is 3.53. The summed E-state index contributed by atoms with van der Waals surface area (Å²) in [6.45, 7) is 1.89. The monoisotopic (exact) mass is 335 g/mol. The van der Waals surface area contributed by atoms with Crippen LogP contribution in [-0.2, 0) is 0 Å². The minimum atomic E-state index is -0.340. The van der Waals surface area contributed by atoms with Crippen molar-refractivity contribution in [2.45, 2.75) is 6.92 Å².